The maximum atomic E-state index is 6.08. The van der Waals surface area contributed by atoms with Crippen LogP contribution in [0.15, 0.2) is 48.7 Å². The minimum absolute atomic E-state index is 0.406. The average molecular weight is 273 g/mol. The lowest BCUT2D eigenvalue weighted by molar-refractivity contribution is 0.303. The van der Waals surface area contributed by atoms with Crippen molar-refractivity contribution in [3.05, 3.63) is 65.2 Å². The number of aryl methyl sites for hydroxylation is 1. The topological polar surface area (TPSA) is 26.5 Å². The molecule has 0 saturated heterocycles. The molecule has 0 N–H and O–H groups in total. The molecule has 2 heterocycles. The number of nitrogens with zero attached hydrogens (tertiary/aromatic N) is 2. The lowest BCUT2D eigenvalue weighted by atomic mass is 10.2. The van der Waals surface area contributed by atoms with E-state index in [1.807, 2.05) is 60.0 Å². The van der Waals surface area contributed by atoms with E-state index in [0.29, 0.717) is 11.9 Å². The number of hydrogen-bond acceptors (Lipinski definition) is 2. The largest absolute Gasteiger partial charge is 0.487 e. The molecule has 0 fully saturated rings. The van der Waals surface area contributed by atoms with Crippen LogP contribution in [0.5, 0.6) is 5.75 Å². The Kier molecular flexibility index (Phi) is 3.13. The number of hydrogen-bond donors (Lipinski definition) is 0. The number of imidazole rings is 1. The molecule has 19 heavy (non-hydrogen) atoms. The molecule has 0 aliphatic rings. The van der Waals surface area contributed by atoms with Gasteiger partial charge in [-0.15, -0.1) is 0 Å². The normalized spacial score (nSPS) is 10.8. The van der Waals surface area contributed by atoms with Gasteiger partial charge >= 0.3 is 0 Å². The molecule has 0 spiro atoms. The van der Waals surface area contributed by atoms with Crippen molar-refractivity contribution in [2.24, 2.45) is 0 Å². The van der Waals surface area contributed by atoms with Gasteiger partial charge in [-0.25, -0.2) is 4.98 Å². The van der Waals surface area contributed by atoms with E-state index in [9.17, 15) is 0 Å². The van der Waals surface area contributed by atoms with Crippen LogP contribution in [0.4, 0.5) is 0 Å². The highest BCUT2D eigenvalue weighted by Crippen LogP contribution is 2.19. The fourth-order valence-corrected chi connectivity index (χ4v) is 2.20. The molecule has 0 bridgehead atoms. The van der Waals surface area contributed by atoms with E-state index in [1.54, 1.807) is 0 Å². The van der Waals surface area contributed by atoms with Crippen LogP contribution in [0.1, 0.15) is 11.3 Å². The van der Waals surface area contributed by atoms with Crippen LogP contribution in [0, 0.1) is 6.92 Å². The summed E-state index contributed by atoms with van der Waals surface area (Å²) >= 11 is 6.08. The Morgan fingerprint density at radius 3 is 2.74 bits per heavy atom. The van der Waals surface area contributed by atoms with Gasteiger partial charge in [-0.1, -0.05) is 23.8 Å². The predicted octanol–water partition coefficient (Wildman–Crippen LogP) is 3.88. The quantitative estimate of drug-likeness (QED) is 0.723. The SMILES string of the molecule is Cc1ccc(OCc2nc(Cl)n3ccccc23)cc1. The van der Waals surface area contributed by atoms with Gasteiger partial charge in [0, 0.05) is 6.20 Å². The van der Waals surface area contributed by atoms with E-state index in [1.165, 1.54) is 5.56 Å². The summed E-state index contributed by atoms with van der Waals surface area (Å²) in [4.78, 5) is 4.33. The van der Waals surface area contributed by atoms with Gasteiger partial charge in [0.25, 0.3) is 0 Å². The molecule has 0 atom stereocenters. The van der Waals surface area contributed by atoms with Crippen molar-refractivity contribution < 1.29 is 4.74 Å². The fourth-order valence-electron chi connectivity index (χ4n) is 1.95. The van der Waals surface area contributed by atoms with Crippen molar-refractivity contribution in [3.63, 3.8) is 0 Å². The molecular formula is C15H13ClN2O. The fraction of sp³-hybridized carbons (Fsp3) is 0.133. The summed E-state index contributed by atoms with van der Waals surface area (Å²) in [6.45, 7) is 2.45. The van der Waals surface area contributed by atoms with Gasteiger partial charge in [0.1, 0.15) is 18.1 Å². The summed E-state index contributed by atoms with van der Waals surface area (Å²) in [5, 5.41) is 0.457. The number of rotatable bonds is 3. The van der Waals surface area contributed by atoms with E-state index in [4.69, 9.17) is 16.3 Å². The zero-order valence-corrected chi connectivity index (χ0v) is 11.3. The zero-order chi connectivity index (χ0) is 13.2. The predicted molar refractivity (Wildman–Crippen MR) is 75.7 cm³/mol. The van der Waals surface area contributed by atoms with Gasteiger partial charge in [-0.05, 0) is 42.8 Å². The van der Waals surface area contributed by atoms with Crippen molar-refractivity contribution in [1.82, 2.24) is 9.38 Å². The summed E-state index contributed by atoms with van der Waals surface area (Å²) in [5.41, 5.74) is 3.02. The van der Waals surface area contributed by atoms with Gasteiger partial charge in [0.2, 0.25) is 5.28 Å². The third kappa shape index (κ3) is 2.42. The maximum Gasteiger partial charge on any atom is 0.207 e. The molecule has 1 aromatic carbocycles. The highest BCUT2D eigenvalue weighted by molar-refractivity contribution is 6.28. The monoisotopic (exact) mass is 272 g/mol. The van der Waals surface area contributed by atoms with Gasteiger partial charge in [0.15, 0.2) is 0 Å². The number of benzene rings is 1. The van der Waals surface area contributed by atoms with Gasteiger partial charge in [0.05, 0.1) is 5.52 Å². The molecule has 0 aliphatic heterocycles. The van der Waals surface area contributed by atoms with Crippen LogP contribution in [0.25, 0.3) is 5.52 Å². The second-order valence-corrected chi connectivity index (χ2v) is 4.72. The average Bonchev–Trinajstić information content (AvgIpc) is 2.76. The van der Waals surface area contributed by atoms with Crippen molar-refractivity contribution >= 4 is 17.1 Å². The molecule has 0 unspecified atom stereocenters. The van der Waals surface area contributed by atoms with Crippen LogP contribution in [-0.4, -0.2) is 9.38 Å². The highest BCUT2D eigenvalue weighted by Gasteiger charge is 2.09. The molecule has 3 rings (SSSR count). The summed E-state index contributed by atoms with van der Waals surface area (Å²) in [7, 11) is 0. The summed E-state index contributed by atoms with van der Waals surface area (Å²) in [5.74, 6) is 0.832. The standard InChI is InChI=1S/C15H13ClN2O/c1-11-5-7-12(8-6-11)19-10-13-14-4-2-3-9-18(14)15(16)17-13/h2-9H,10H2,1H3. The molecular weight excluding hydrogens is 260 g/mol. The van der Waals surface area contributed by atoms with E-state index in [-0.39, 0.29) is 0 Å². The third-order valence-corrected chi connectivity index (χ3v) is 3.24. The summed E-state index contributed by atoms with van der Waals surface area (Å²) < 4.78 is 7.58. The second-order valence-electron chi connectivity index (χ2n) is 4.39. The molecule has 96 valence electrons. The van der Waals surface area contributed by atoms with Crippen LogP contribution >= 0.6 is 11.6 Å². The minimum atomic E-state index is 0.406. The number of fused-ring (bicyclic) bond motifs is 1. The van der Waals surface area contributed by atoms with E-state index in [2.05, 4.69) is 4.98 Å². The van der Waals surface area contributed by atoms with Crippen LogP contribution in [-0.2, 0) is 6.61 Å². The molecule has 4 heteroatoms. The molecule has 2 aromatic heterocycles. The van der Waals surface area contributed by atoms with Crippen molar-refractivity contribution in [3.8, 4) is 5.75 Å². The Balaban J connectivity index is 1.84. The van der Waals surface area contributed by atoms with Crippen molar-refractivity contribution in [2.75, 3.05) is 0 Å². The van der Waals surface area contributed by atoms with Gasteiger partial charge in [-0.2, -0.15) is 0 Å². The zero-order valence-electron chi connectivity index (χ0n) is 10.5. The Morgan fingerprint density at radius 1 is 1.16 bits per heavy atom. The lowest BCUT2D eigenvalue weighted by Gasteiger charge is -2.04. The summed E-state index contributed by atoms with van der Waals surface area (Å²) in [6.07, 6.45) is 1.89. The van der Waals surface area contributed by atoms with E-state index in [0.717, 1.165) is 17.0 Å². The molecule has 0 radical (unpaired) electrons. The molecule has 3 aromatic rings. The Bertz CT molecular complexity index is 704. The first-order valence-electron chi connectivity index (χ1n) is 6.05. The first-order chi connectivity index (χ1) is 9.24. The first kappa shape index (κ1) is 12.1. The van der Waals surface area contributed by atoms with E-state index < -0.39 is 0 Å². The highest BCUT2D eigenvalue weighted by atomic mass is 35.5. The van der Waals surface area contributed by atoms with Crippen LogP contribution < -0.4 is 4.74 Å². The second kappa shape index (κ2) is 4.94. The Labute approximate surface area is 116 Å². The Hall–Kier alpha value is -2.00. The minimum Gasteiger partial charge on any atom is -0.487 e. The van der Waals surface area contributed by atoms with Gasteiger partial charge < -0.3 is 4.74 Å². The number of pyridine rings is 1. The lowest BCUT2D eigenvalue weighted by Crippen LogP contribution is -1.96. The number of ether oxygens (including phenoxy) is 1. The molecule has 0 aliphatic carbocycles. The molecule has 0 saturated carbocycles. The first-order valence-corrected chi connectivity index (χ1v) is 6.43. The van der Waals surface area contributed by atoms with E-state index >= 15 is 0 Å². The van der Waals surface area contributed by atoms with Crippen LogP contribution in [0.2, 0.25) is 5.28 Å². The molecule has 0 amide bonds. The molecule has 3 nitrogen and oxygen atoms in total. The number of halogens is 1. The van der Waals surface area contributed by atoms with Crippen molar-refractivity contribution in [2.45, 2.75) is 13.5 Å². The van der Waals surface area contributed by atoms with Crippen molar-refractivity contribution in [1.29, 1.82) is 0 Å². The van der Waals surface area contributed by atoms with Crippen LogP contribution in [0.3, 0.4) is 0 Å². The number of aromatic nitrogens is 2. The smallest absolute Gasteiger partial charge is 0.207 e. The summed E-state index contributed by atoms with van der Waals surface area (Å²) in [6, 6.07) is 13.8. The van der Waals surface area contributed by atoms with Gasteiger partial charge in [-0.3, -0.25) is 4.40 Å². The third-order valence-electron chi connectivity index (χ3n) is 2.98. The maximum absolute atomic E-state index is 6.08. The Morgan fingerprint density at radius 2 is 1.95 bits per heavy atom.